The van der Waals surface area contributed by atoms with Crippen molar-refractivity contribution in [3.63, 3.8) is 0 Å². The predicted molar refractivity (Wildman–Crippen MR) is 127 cm³/mol. The summed E-state index contributed by atoms with van der Waals surface area (Å²) in [6.07, 6.45) is 1.56. The van der Waals surface area contributed by atoms with E-state index in [0.717, 1.165) is 24.5 Å². The van der Waals surface area contributed by atoms with Gasteiger partial charge in [0.05, 0.1) is 15.2 Å². The van der Waals surface area contributed by atoms with Crippen molar-refractivity contribution in [1.29, 1.82) is 0 Å². The third-order valence-electron chi connectivity index (χ3n) is 3.82. The molecule has 0 saturated carbocycles. The van der Waals surface area contributed by atoms with Crippen molar-refractivity contribution in [2.24, 2.45) is 5.10 Å². The molecule has 0 atom stereocenters. The van der Waals surface area contributed by atoms with Crippen LogP contribution in [0.25, 0.3) is 0 Å². The summed E-state index contributed by atoms with van der Waals surface area (Å²) in [5.41, 5.74) is 4.71. The lowest BCUT2D eigenvalue weighted by molar-refractivity contribution is 0.0955. The molecule has 0 fully saturated rings. The van der Waals surface area contributed by atoms with E-state index in [9.17, 15) is 4.79 Å². The number of hydrazone groups is 1. The molecule has 0 saturated heterocycles. The zero-order valence-electron chi connectivity index (χ0n) is 14.8. The Balaban J connectivity index is 1.66. The average Bonchev–Trinajstić information content (AvgIpc) is 2.68. The highest BCUT2D eigenvalue weighted by Gasteiger charge is 2.10. The van der Waals surface area contributed by atoms with Gasteiger partial charge in [0.25, 0.3) is 5.91 Å². The van der Waals surface area contributed by atoms with Crippen LogP contribution in [0.3, 0.4) is 0 Å². The molecule has 0 aliphatic rings. The highest BCUT2D eigenvalue weighted by molar-refractivity contribution is 9.11. The van der Waals surface area contributed by atoms with Gasteiger partial charge >= 0.3 is 0 Å². The molecule has 0 radical (unpaired) electrons. The van der Waals surface area contributed by atoms with Crippen molar-refractivity contribution in [3.8, 4) is 5.75 Å². The molecule has 148 valence electrons. The molecule has 0 heterocycles. The van der Waals surface area contributed by atoms with Crippen LogP contribution in [-0.4, -0.2) is 12.1 Å². The minimum absolute atomic E-state index is 0.291. The lowest BCUT2D eigenvalue weighted by Gasteiger charge is -2.12. The summed E-state index contributed by atoms with van der Waals surface area (Å²) in [5, 5.41) is 4.68. The minimum atomic E-state index is -0.291. The Labute approximate surface area is 198 Å². The van der Waals surface area contributed by atoms with E-state index >= 15 is 0 Å². The zero-order chi connectivity index (χ0) is 20.8. The summed E-state index contributed by atoms with van der Waals surface area (Å²) in [6, 6.07) is 18.3. The Morgan fingerprint density at radius 1 is 1.03 bits per heavy atom. The van der Waals surface area contributed by atoms with Crippen LogP contribution in [-0.2, 0) is 6.61 Å². The second-order valence-electron chi connectivity index (χ2n) is 5.90. The van der Waals surface area contributed by atoms with Crippen LogP contribution in [0.2, 0.25) is 5.02 Å². The average molecular weight is 602 g/mol. The molecule has 3 rings (SSSR count). The van der Waals surface area contributed by atoms with Gasteiger partial charge in [0, 0.05) is 20.6 Å². The lowest BCUT2D eigenvalue weighted by atomic mass is 10.2. The first-order valence-electron chi connectivity index (χ1n) is 8.38. The molecule has 1 amide bonds. The van der Waals surface area contributed by atoms with Gasteiger partial charge in [-0.15, -0.1) is 0 Å². The van der Waals surface area contributed by atoms with Gasteiger partial charge in [0.15, 0.2) is 0 Å². The maximum Gasteiger partial charge on any atom is 0.271 e. The first kappa shape index (κ1) is 22.0. The molecule has 0 aliphatic heterocycles. The molecular formula is C21H14Br3ClN2O2. The first-order chi connectivity index (χ1) is 13.9. The molecular weight excluding hydrogens is 587 g/mol. The van der Waals surface area contributed by atoms with Crippen LogP contribution >= 0.6 is 59.4 Å². The maximum absolute atomic E-state index is 12.1. The molecule has 0 spiro atoms. The number of carbonyl (C=O) groups excluding carboxylic acids is 1. The fourth-order valence-electron chi connectivity index (χ4n) is 2.42. The summed E-state index contributed by atoms with van der Waals surface area (Å²) in [7, 11) is 0. The van der Waals surface area contributed by atoms with E-state index in [4.69, 9.17) is 16.3 Å². The number of amides is 1. The molecule has 0 aliphatic carbocycles. The summed E-state index contributed by atoms with van der Waals surface area (Å²) >= 11 is 16.5. The molecule has 8 heteroatoms. The van der Waals surface area contributed by atoms with Gasteiger partial charge in [-0.05, 0) is 73.8 Å². The summed E-state index contributed by atoms with van der Waals surface area (Å²) < 4.78 is 8.23. The number of nitrogens with zero attached hydrogens (tertiary/aromatic N) is 1. The number of halogens is 4. The van der Waals surface area contributed by atoms with Gasteiger partial charge in [-0.1, -0.05) is 51.8 Å². The monoisotopic (exact) mass is 598 g/mol. The number of carbonyl (C=O) groups is 1. The van der Waals surface area contributed by atoms with E-state index in [2.05, 4.69) is 58.3 Å². The Morgan fingerprint density at radius 2 is 1.76 bits per heavy atom. The van der Waals surface area contributed by atoms with Crippen molar-refractivity contribution in [2.45, 2.75) is 6.61 Å². The van der Waals surface area contributed by atoms with Crippen LogP contribution < -0.4 is 10.2 Å². The van der Waals surface area contributed by atoms with E-state index in [1.54, 1.807) is 24.4 Å². The fraction of sp³-hybridized carbons (Fsp3) is 0.0476. The van der Waals surface area contributed by atoms with Crippen LogP contribution in [0.4, 0.5) is 0 Å². The van der Waals surface area contributed by atoms with Gasteiger partial charge in [0.2, 0.25) is 0 Å². The lowest BCUT2D eigenvalue weighted by Crippen LogP contribution is -2.17. The first-order valence-corrected chi connectivity index (χ1v) is 11.1. The third kappa shape index (κ3) is 6.15. The van der Waals surface area contributed by atoms with Gasteiger partial charge in [0.1, 0.15) is 12.4 Å². The number of nitrogens with one attached hydrogen (secondary N) is 1. The van der Waals surface area contributed by atoms with Gasteiger partial charge in [-0.25, -0.2) is 5.43 Å². The molecule has 0 bridgehead atoms. The van der Waals surface area contributed by atoms with E-state index in [1.165, 1.54) is 0 Å². The Morgan fingerprint density at radius 3 is 2.45 bits per heavy atom. The topological polar surface area (TPSA) is 50.7 Å². The van der Waals surface area contributed by atoms with E-state index in [0.29, 0.717) is 22.9 Å². The number of hydrogen-bond donors (Lipinski definition) is 1. The quantitative estimate of drug-likeness (QED) is 0.245. The number of ether oxygens (including phenoxy) is 1. The van der Waals surface area contributed by atoms with Crippen LogP contribution in [0.15, 0.2) is 79.2 Å². The fourth-order valence-corrected chi connectivity index (χ4v) is 4.46. The van der Waals surface area contributed by atoms with E-state index in [1.807, 2.05) is 42.5 Å². The minimum Gasteiger partial charge on any atom is -0.486 e. The van der Waals surface area contributed by atoms with Crippen molar-refractivity contribution in [1.82, 2.24) is 5.43 Å². The molecule has 4 nitrogen and oxygen atoms in total. The largest absolute Gasteiger partial charge is 0.486 e. The summed E-state index contributed by atoms with van der Waals surface area (Å²) in [5.74, 6) is 0.362. The smallest absolute Gasteiger partial charge is 0.271 e. The maximum atomic E-state index is 12.1. The zero-order valence-corrected chi connectivity index (χ0v) is 20.3. The second-order valence-corrected chi connectivity index (χ2v) is 8.93. The van der Waals surface area contributed by atoms with Gasteiger partial charge in [-0.2, -0.15) is 5.10 Å². The summed E-state index contributed by atoms with van der Waals surface area (Å²) in [4.78, 5) is 12.1. The number of rotatable bonds is 6. The summed E-state index contributed by atoms with van der Waals surface area (Å²) in [6.45, 7) is 0.340. The van der Waals surface area contributed by atoms with Crippen molar-refractivity contribution < 1.29 is 9.53 Å². The molecule has 0 aromatic heterocycles. The van der Waals surface area contributed by atoms with Gasteiger partial charge < -0.3 is 4.74 Å². The van der Waals surface area contributed by atoms with Gasteiger partial charge in [-0.3, -0.25) is 4.79 Å². The van der Waals surface area contributed by atoms with Crippen molar-refractivity contribution in [3.05, 3.63) is 95.8 Å². The highest BCUT2D eigenvalue weighted by Crippen LogP contribution is 2.35. The SMILES string of the molecule is O=C(N/N=C\c1cc(Br)c(OCc2ccccc2Cl)c(Br)c1)c1cccc(Br)c1. The van der Waals surface area contributed by atoms with Crippen LogP contribution in [0.5, 0.6) is 5.75 Å². The van der Waals surface area contributed by atoms with E-state index < -0.39 is 0 Å². The van der Waals surface area contributed by atoms with Crippen LogP contribution in [0.1, 0.15) is 21.5 Å². The highest BCUT2D eigenvalue weighted by atomic mass is 79.9. The Hall–Kier alpha value is -1.67. The Bertz CT molecular complexity index is 1050. The number of benzene rings is 3. The van der Waals surface area contributed by atoms with E-state index in [-0.39, 0.29) is 5.91 Å². The molecule has 3 aromatic carbocycles. The normalized spacial score (nSPS) is 10.9. The molecule has 29 heavy (non-hydrogen) atoms. The third-order valence-corrected chi connectivity index (χ3v) is 5.86. The number of hydrogen-bond acceptors (Lipinski definition) is 3. The van der Waals surface area contributed by atoms with Crippen molar-refractivity contribution >= 4 is 71.5 Å². The predicted octanol–water partition coefficient (Wildman–Crippen LogP) is 6.97. The Kier molecular flexibility index (Phi) is 7.89. The standard InChI is InChI=1S/C21H14Br3ClN2O2/c22-16-6-3-5-14(10-16)21(28)27-26-11-13-8-17(23)20(18(24)9-13)29-12-15-4-1-2-7-19(15)25/h1-11H,12H2,(H,27,28)/b26-11-. The molecule has 3 aromatic rings. The second kappa shape index (κ2) is 10.4. The van der Waals surface area contributed by atoms with Crippen molar-refractivity contribution in [2.75, 3.05) is 0 Å². The van der Waals surface area contributed by atoms with Crippen LogP contribution in [0, 0.1) is 0 Å². The molecule has 1 N–H and O–H groups in total. The molecule has 0 unspecified atom stereocenters.